The summed E-state index contributed by atoms with van der Waals surface area (Å²) >= 11 is 0. The van der Waals surface area contributed by atoms with E-state index in [1.54, 1.807) is 30.3 Å². The highest BCUT2D eigenvalue weighted by Crippen LogP contribution is 2.27. The molecule has 2 aromatic heterocycles. The molecule has 3 aromatic rings. The van der Waals surface area contributed by atoms with Gasteiger partial charge >= 0.3 is 12.1 Å². The van der Waals surface area contributed by atoms with Gasteiger partial charge in [0, 0.05) is 23.8 Å². The van der Waals surface area contributed by atoms with Crippen molar-refractivity contribution in [2.24, 2.45) is 11.7 Å². The molecule has 3 amide bonds. The fourth-order valence-corrected chi connectivity index (χ4v) is 3.06. The lowest BCUT2D eigenvalue weighted by Crippen LogP contribution is -2.46. The molecule has 0 saturated carbocycles. The van der Waals surface area contributed by atoms with Crippen molar-refractivity contribution >= 4 is 34.8 Å². The van der Waals surface area contributed by atoms with Crippen LogP contribution in [0.3, 0.4) is 0 Å². The van der Waals surface area contributed by atoms with Crippen LogP contribution in [0.5, 0.6) is 11.5 Å². The molecule has 0 unspecified atom stereocenters. The third kappa shape index (κ3) is 5.50. The fourth-order valence-electron chi connectivity index (χ4n) is 3.06. The number of aromatic nitrogens is 2. The summed E-state index contributed by atoms with van der Waals surface area (Å²) in [6, 6.07) is 8.41. The molecule has 1 aromatic carbocycles. The van der Waals surface area contributed by atoms with Crippen LogP contribution in [0.2, 0.25) is 0 Å². The van der Waals surface area contributed by atoms with Crippen LogP contribution in [0.25, 0.3) is 10.9 Å². The van der Waals surface area contributed by atoms with E-state index in [4.69, 9.17) is 15.6 Å². The number of ether oxygens (including phenoxy) is 1. The number of rotatable bonds is 7. The summed E-state index contributed by atoms with van der Waals surface area (Å²) in [5.41, 5.74) is 5.88. The van der Waals surface area contributed by atoms with Crippen molar-refractivity contribution in [1.82, 2.24) is 14.9 Å². The molecular formula is C21H23N5O5. The average Bonchev–Trinajstić information content (AvgIpc) is 3.11. The van der Waals surface area contributed by atoms with E-state index in [1.807, 2.05) is 13.8 Å². The maximum atomic E-state index is 12.2. The first-order valence-corrected chi connectivity index (χ1v) is 9.58. The van der Waals surface area contributed by atoms with Gasteiger partial charge in [-0.25, -0.2) is 14.6 Å². The molecule has 10 nitrogen and oxygen atoms in total. The van der Waals surface area contributed by atoms with Crippen molar-refractivity contribution < 1.29 is 24.2 Å². The highest BCUT2D eigenvalue weighted by atomic mass is 16.5. The van der Waals surface area contributed by atoms with Crippen molar-refractivity contribution in [2.75, 3.05) is 5.32 Å². The van der Waals surface area contributed by atoms with Gasteiger partial charge in [-0.05, 0) is 42.7 Å². The first kappa shape index (κ1) is 21.6. The van der Waals surface area contributed by atoms with Gasteiger partial charge in [0.25, 0.3) is 0 Å². The number of nitrogens with one attached hydrogen (secondary N) is 2. The SMILES string of the molecule is CC(C)C[C@H](NC(=O)Nc1cc(Oc2ccc3c(ccn3C(=O)O)c2)ccn1)C(N)=O. The molecule has 0 fully saturated rings. The van der Waals surface area contributed by atoms with Crippen molar-refractivity contribution in [3.8, 4) is 11.5 Å². The number of carbonyl (C=O) groups is 3. The number of urea groups is 1. The van der Waals surface area contributed by atoms with Gasteiger partial charge in [0.1, 0.15) is 23.4 Å². The summed E-state index contributed by atoms with van der Waals surface area (Å²) in [6.45, 7) is 3.84. The Morgan fingerprint density at radius 2 is 1.90 bits per heavy atom. The quantitative estimate of drug-likeness (QED) is 0.456. The predicted octanol–water partition coefficient (Wildman–Crippen LogP) is 3.38. The van der Waals surface area contributed by atoms with Crippen molar-refractivity contribution in [3.05, 3.63) is 48.8 Å². The summed E-state index contributed by atoms with van der Waals surface area (Å²) in [5.74, 6) is 0.693. The van der Waals surface area contributed by atoms with Gasteiger partial charge in [-0.2, -0.15) is 0 Å². The van der Waals surface area contributed by atoms with E-state index in [1.165, 1.54) is 18.5 Å². The second-order valence-electron chi connectivity index (χ2n) is 7.35. The molecular weight excluding hydrogens is 402 g/mol. The lowest BCUT2D eigenvalue weighted by molar-refractivity contribution is -0.120. The standard InChI is InChI=1S/C21H23N5O5/c1-12(2)9-16(19(22)27)24-20(28)25-18-11-15(5-7-23-18)31-14-3-4-17-13(10-14)6-8-26(17)21(29)30/h3-8,10-12,16H,9H2,1-2H3,(H2,22,27)(H,29,30)(H2,23,24,25,28)/t16-/m0/s1. The number of nitrogens with zero attached hydrogens (tertiary/aromatic N) is 2. The second kappa shape index (κ2) is 9.16. The molecule has 0 radical (unpaired) electrons. The smallest absolute Gasteiger partial charge is 0.415 e. The Morgan fingerprint density at radius 3 is 2.58 bits per heavy atom. The summed E-state index contributed by atoms with van der Waals surface area (Å²) in [4.78, 5) is 39.0. The molecule has 5 N–H and O–H groups in total. The van der Waals surface area contributed by atoms with Gasteiger partial charge in [-0.15, -0.1) is 0 Å². The third-order valence-electron chi connectivity index (χ3n) is 4.43. The van der Waals surface area contributed by atoms with Crippen molar-refractivity contribution in [1.29, 1.82) is 0 Å². The summed E-state index contributed by atoms with van der Waals surface area (Å²) in [6.07, 6.45) is 2.27. The molecule has 162 valence electrons. The minimum Gasteiger partial charge on any atom is -0.464 e. The number of anilines is 1. The van der Waals surface area contributed by atoms with E-state index in [-0.39, 0.29) is 11.7 Å². The largest absolute Gasteiger partial charge is 0.464 e. The van der Waals surface area contributed by atoms with Gasteiger partial charge in [-0.3, -0.25) is 14.7 Å². The molecule has 0 spiro atoms. The van der Waals surface area contributed by atoms with E-state index in [0.29, 0.717) is 28.8 Å². The highest BCUT2D eigenvalue weighted by molar-refractivity contribution is 5.93. The van der Waals surface area contributed by atoms with Gasteiger partial charge in [0.15, 0.2) is 0 Å². The van der Waals surface area contributed by atoms with Gasteiger partial charge in [0.2, 0.25) is 5.91 Å². The van der Waals surface area contributed by atoms with Crippen molar-refractivity contribution in [3.63, 3.8) is 0 Å². The number of carbonyl (C=O) groups excluding carboxylic acids is 2. The van der Waals surface area contributed by atoms with Crippen LogP contribution in [-0.2, 0) is 4.79 Å². The lowest BCUT2D eigenvalue weighted by atomic mass is 10.0. The molecule has 0 aliphatic carbocycles. The van der Waals surface area contributed by atoms with Crippen molar-refractivity contribution in [2.45, 2.75) is 26.3 Å². The molecule has 2 heterocycles. The van der Waals surface area contributed by atoms with Crippen LogP contribution in [0.1, 0.15) is 20.3 Å². The molecule has 0 bridgehead atoms. The minimum atomic E-state index is -1.07. The van der Waals surface area contributed by atoms with E-state index >= 15 is 0 Å². The Hall–Kier alpha value is -4.08. The molecule has 0 saturated heterocycles. The van der Waals surface area contributed by atoms with Crippen LogP contribution >= 0.6 is 0 Å². The molecule has 10 heteroatoms. The number of amides is 3. The van der Waals surface area contributed by atoms with Gasteiger partial charge in [0.05, 0.1) is 5.52 Å². The number of benzene rings is 1. The highest BCUT2D eigenvalue weighted by Gasteiger charge is 2.19. The van der Waals surface area contributed by atoms with E-state index < -0.39 is 24.1 Å². The monoisotopic (exact) mass is 425 g/mol. The minimum absolute atomic E-state index is 0.178. The number of carboxylic acid groups (broad SMARTS) is 1. The molecule has 1 atom stereocenters. The van der Waals surface area contributed by atoms with Crippen LogP contribution < -0.4 is 21.1 Å². The molecule has 0 aliphatic heterocycles. The molecule has 0 aliphatic rings. The van der Waals surface area contributed by atoms with E-state index in [0.717, 1.165) is 4.57 Å². The Balaban J connectivity index is 1.69. The van der Waals surface area contributed by atoms with E-state index in [9.17, 15) is 14.4 Å². The maximum Gasteiger partial charge on any atom is 0.415 e. The second-order valence-corrected chi connectivity index (χ2v) is 7.35. The first-order chi connectivity index (χ1) is 14.7. The Morgan fingerprint density at radius 1 is 1.16 bits per heavy atom. The fraction of sp³-hybridized carbons (Fsp3) is 0.238. The zero-order valence-electron chi connectivity index (χ0n) is 17.0. The van der Waals surface area contributed by atoms with Crippen LogP contribution in [0, 0.1) is 5.92 Å². The number of hydrogen-bond donors (Lipinski definition) is 4. The third-order valence-corrected chi connectivity index (χ3v) is 4.43. The molecule has 31 heavy (non-hydrogen) atoms. The Kier molecular flexibility index (Phi) is 6.39. The predicted molar refractivity (Wildman–Crippen MR) is 114 cm³/mol. The normalized spacial score (nSPS) is 11.8. The Labute approximate surface area is 178 Å². The number of fused-ring (bicyclic) bond motifs is 1. The topological polar surface area (TPSA) is 149 Å². The summed E-state index contributed by atoms with van der Waals surface area (Å²) in [7, 11) is 0. The number of primary amides is 1. The lowest BCUT2D eigenvalue weighted by Gasteiger charge is -2.17. The van der Waals surface area contributed by atoms with E-state index in [2.05, 4.69) is 15.6 Å². The number of pyridine rings is 1. The van der Waals surface area contributed by atoms with Crippen LogP contribution in [-0.4, -0.2) is 38.7 Å². The zero-order valence-corrected chi connectivity index (χ0v) is 17.0. The van der Waals surface area contributed by atoms with Gasteiger partial charge in [-0.1, -0.05) is 13.8 Å². The van der Waals surface area contributed by atoms with Crippen LogP contribution in [0.4, 0.5) is 15.4 Å². The maximum absolute atomic E-state index is 12.2. The summed E-state index contributed by atoms with van der Waals surface area (Å²) < 4.78 is 6.92. The molecule has 3 rings (SSSR count). The number of hydrogen-bond acceptors (Lipinski definition) is 5. The average molecular weight is 425 g/mol. The first-order valence-electron chi connectivity index (χ1n) is 9.58. The van der Waals surface area contributed by atoms with Crippen LogP contribution in [0.15, 0.2) is 48.8 Å². The number of nitrogens with two attached hydrogens (primary N) is 1. The summed E-state index contributed by atoms with van der Waals surface area (Å²) in [5, 5.41) is 15.0. The van der Waals surface area contributed by atoms with Gasteiger partial charge < -0.3 is 20.9 Å². The zero-order chi connectivity index (χ0) is 22.5. The Bertz CT molecular complexity index is 1120.